The number of benzene rings is 2. The summed E-state index contributed by atoms with van der Waals surface area (Å²) >= 11 is 6.20. The van der Waals surface area contributed by atoms with E-state index in [0.717, 1.165) is 28.5 Å². The van der Waals surface area contributed by atoms with E-state index in [0.29, 0.717) is 0 Å². The molecule has 0 spiro atoms. The van der Waals surface area contributed by atoms with Crippen molar-refractivity contribution in [2.24, 2.45) is 5.10 Å². The topological polar surface area (TPSA) is 24.8 Å². The standard InChI is InChI=1S/C19H19ClN2O/c1-12-4-6-13(7-5-12)16-11-17-15-10-14(20)8-9-18(15)23-19(2,3)22(17)21-16/h4-10,17H,11H2,1-3H3. The van der Waals surface area contributed by atoms with Crippen molar-refractivity contribution >= 4 is 17.3 Å². The Hall–Kier alpha value is -2.00. The summed E-state index contributed by atoms with van der Waals surface area (Å²) in [5.41, 5.74) is 4.16. The lowest BCUT2D eigenvalue weighted by Crippen LogP contribution is -2.48. The van der Waals surface area contributed by atoms with Crippen molar-refractivity contribution in [2.75, 3.05) is 0 Å². The molecule has 2 aromatic carbocycles. The van der Waals surface area contributed by atoms with E-state index < -0.39 is 5.72 Å². The molecule has 4 rings (SSSR count). The van der Waals surface area contributed by atoms with Crippen molar-refractivity contribution in [3.8, 4) is 5.75 Å². The van der Waals surface area contributed by atoms with Gasteiger partial charge in [0.15, 0.2) is 5.72 Å². The maximum Gasteiger partial charge on any atom is 0.192 e. The number of nitrogens with zero attached hydrogens (tertiary/aromatic N) is 2. The van der Waals surface area contributed by atoms with Gasteiger partial charge in [-0.25, -0.2) is 5.01 Å². The van der Waals surface area contributed by atoms with Crippen LogP contribution < -0.4 is 4.74 Å². The van der Waals surface area contributed by atoms with Crippen molar-refractivity contribution in [3.63, 3.8) is 0 Å². The molecule has 118 valence electrons. The van der Waals surface area contributed by atoms with Gasteiger partial charge in [0.1, 0.15) is 5.75 Å². The van der Waals surface area contributed by atoms with E-state index in [9.17, 15) is 0 Å². The third-order valence-corrected chi connectivity index (χ3v) is 4.77. The van der Waals surface area contributed by atoms with Crippen LogP contribution in [0.25, 0.3) is 0 Å². The number of ether oxygens (including phenoxy) is 1. The van der Waals surface area contributed by atoms with E-state index in [1.165, 1.54) is 11.1 Å². The molecule has 0 aromatic heterocycles. The maximum absolute atomic E-state index is 6.20. The van der Waals surface area contributed by atoms with Gasteiger partial charge < -0.3 is 4.74 Å². The van der Waals surface area contributed by atoms with Gasteiger partial charge in [0.05, 0.1) is 11.8 Å². The fraction of sp³-hybridized carbons (Fsp3) is 0.316. The molecule has 0 fully saturated rings. The Kier molecular flexibility index (Phi) is 3.17. The van der Waals surface area contributed by atoms with Crippen molar-refractivity contribution < 1.29 is 4.74 Å². The minimum atomic E-state index is -0.474. The number of aryl methyl sites for hydroxylation is 1. The molecule has 1 unspecified atom stereocenters. The lowest BCUT2D eigenvalue weighted by atomic mass is 9.95. The quantitative estimate of drug-likeness (QED) is 0.742. The van der Waals surface area contributed by atoms with Gasteiger partial charge in [0.25, 0.3) is 0 Å². The van der Waals surface area contributed by atoms with Crippen LogP contribution in [-0.4, -0.2) is 16.4 Å². The lowest BCUT2D eigenvalue weighted by molar-refractivity contribution is -0.0911. The third-order valence-electron chi connectivity index (χ3n) is 4.54. The second-order valence-corrected chi connectivity index (χ2v) is 7.14. The summed E-state index contributed by atoms with van der Waals surface area (Å²) in [4.78, 5) is 0. The molecule has 23 heavy (non-hydrogen) atoms. The number of fused-ring (bicyclic) bond motifs is 3. The van der Waals surface area contributed by atoms with Crippen molar-refractivity contribution in [2.45, 2.75) is 39.0 Å². The minimum Gasteiger partial charge on any atom is -0.467 e. The molecule has 0 bridgehead atoms. The molecule has 4 heteroatoms. The van der Waals surface area contributed by atoms with Crippen LogP contribution in [0.4, 0.5) is 0 Å². The molecular weight excluding hydrogens is 308 g/mol. The number of hydrogen-bond acceptors (Lipinski definition) is 3. The molecule has 0 saturated carbocycles. The molecule has 0 aliphatic carbocycles. The highest BCUT2D eigenvalue weighted by atomic mass is 35.5. The van der Waals surface area contributed by atoms with Gasteiger partial charge in [-0.05, 0) is 44.5 Å². The zero-order valence-corrected chi connectivity index (χ0v) is 14.3. The number of hydrogen-bond donors (Lipinski definition) is 0. The Morgan fingerprint density at radius 3 is 2.65 bits per heavy atom. The van der Waals surface area contributed by atoms with Crippen LogP contribution in [0.1, 0.15) is 43.0 Å². The van der Waals surface area contributed by atoms with Crippen LogP contribution in [0.5, 0.6) is 5.75 Å². The normalized spacial score (nSPS) is 21.3. The minimum absolute atomic E-state index is 0.170. The van der Waals surface area contributed by atoms with Gasteiger partial charge >= 0.3 is 0 Å². The van der Waals surface area contributed by atoms with Gasteiger partial charge in [-0.2, -0.15) is 5.10 Å². The molecule has 0 saturated heterocycles. The van der Waals surface area contributed by atoms with Gasteiger partial charge in [-0.3, -0.25) is 0 Å². The predicted molar refractivity (Wildman–Crippen MR) is 93.1 cm³/mol. The number of hydrazone groups is 1. The smallest absolute Gasteiger partial charge is 0.192 e. The fourth-order valence-electron chi connectivity index (χ4n) is 3.36. The lowest BCUT2D eigenvalue weighted by Gasteiger charge is -2.43. The zero-order chi connectivity index (χ0) is 16.2. The second kappa shape index (κ2) is 5.00. The largest absolute Gasteiger partial charge is 0.467 e. The Bertz CT molecular complexity index is 796. The fourth-order valence-corrected chi connectivity index (χ4v) is 3.54. The van der Waals surface area contributed by atoms with Gasteiger partial charge in [0.2, 0.25) is 0 Å². The van der Waals surface area contributed by atoms with Gasteiger partial charge in [-0.1, -0.05) is 41.4 Å². The Balaban J connectivity index is 1.77. The molecule has 0 amide bonds. The highest BCUT2D eigenvalue weighted by molar-refractivity contribution is 6.30. The molecule has 0 radical (unpaired) electrons. The van der Waals surface area contributed by atoms with Crippen molar-refractivity contribution in [1.29, 1.82) is 0 Å². The second-order valence-electron chi connectivity index (χ2n) is 6.71. The molecule has 2 aliphatic rings. The van der Waals surface area contributed by atoms with E-state index in [-0.39, 0.29) is 6.04 Å². The highest BCUT2D eigenvalue weighted by Gasteiger charge is 2.44. The number of rotatable bonds is 1. The van der Waals surface area contributed by atoms with E-state index in [1.807, 2.05) is 18.2 Å². The predicted octanol–water partition coefficient (Wildman–Crippen LogP) is 4.93. The summed E-state index contributed by atoms with van der Waals surface area (Å²) in [5.74, 6) is 0.904. The maximum atomic E-state index is 6.20. The van der Waals surface area contributed by atoms with Gasteiger partial charge in [0, 0.05) is 17.0 Å². The summed E-state index contributed by atoms with van der Waals surface area (Å²) in [6, 6.07) is 14.5. The first-order chi connectivity index (χ1) is 10.9. The average molecular weight is 327 g/mol. The monoisotopic (exact) mass is 326 g/mol. The molecule has 0 N–H and O–H groups in total. The highest BCUT2D eigenvalue weighted by Crippen LogP contribution is 2.47. The van der Waals surface area contributed by atoms with Crippen molar-refractivity contribution in [3.05, 3.63) is 64.2 Å². The summed E-state index contributed by atoms with van der Waals surface area (Å²) in [5, 5.41) is 7.68. The van der Waals surface area contributed by atoms with Crippen LogP contribution in [0.3, 0.4) is 0 Å². The summed E-state index contributed by atoms with van der Waals surface area (Å²) < 4.78 is 6.15. The molecule has 2 aliphatic heterocycles. The van der Waals surface area contributed by atoms with E-state index in [1.54, 1.807) is 0 Å². The first-order valence-electron chi connectivity index (χ1n) is 7.86. The Morgan fingerprint density at radius 1 is 1.17 bits per heavy atom. The third kappa shape index (κ3) is 2.40. The summed E-state index contributed by atoms with van der Waals surface area (Å²) in [6.45, 7) is 6.21. The Labute approximate surface area is 141 Å². The Morgan fingerprint density at radius 2 is 1.91 bits per heavy atom. The molecule has 3 nitrogen and oxygen atoms in total. The molecule has 2 heterocycles. The first-order valence-corrected chi connectivity index (χ1v) is 8.24. The summed E-state index contributed by atoms with van der Waals surface area (Å²) in [7, 11) is 0. The number of halogens is 1. The SMILES string of the molecule is Cc1ccc(C2=NN3C(C2)c2cc(Cl)ccc2OC3(C)C)cc1. The van der Waals surface area contributed by atoms with Gasteiger partial charge in [-0.15, -0.1) is 0 Å². The van der Waals surface area contributed by atoms with Crippen molar-refractivity contribution in [1.82, 2.24) is 5.01 Å². The van der Waals surface area contributed by atoms with Crippen LogP contribution in [-0.2, 0) is 0 Å². The van der Waals surface area contributed by atoms with E-state index in [4.69, 9.17) is 21.4 Å². The van der Waals surface area contributed by atoms with E-state index in [2.05, 4.69) is 50.0 Å². The molecule has 2 aromatic rings. The van der Waals surface area contributed by atoms with Crippen LogP contribution in [0.2, 0.25) is 5.02 Å². The molecule has 1 atom stereocenters. The van der Waals surface area contributed by atoms with Crippen LogP contribution in [0.15, 0.2) is 47.6 Å². The van der Waals surface area contributed by atoms with Crippen LogP contribution >= 0.6 is 11.6 Å². The van der Waals surface area contributed by atoms with Crippen LogP contribution in [0, 0.1) is 6.92 Å². The first kappa shape index (κ1) is 14.6. The summed E-state index contributed by atoms with van der Waals surface area (Å²) in [6.07, 6.45) is 0.864. The zero-order valence-electron chi connectivity index (χ0n) is 13.5. The van der Waals surface area contributed by atoms with E-state index >= 15 is 0 Å². The molecular formula is C19H19ClN2O. The average Bonchev–Trinajstić information content (AvgIpc) is 2.95.